The largest absolute Gasteiger partial charge is 0.497 e. The molecule has 132 valence electrons. The third kappa shape index (κ3) is 4.28. The number of hydrogen-bond acceptors (Lipinski definition) is 6. The Labute approximate surface area is 142 Å². The first-order chi connectivity index (χ1) is 12.0. The van der Waals surface area contributed by atoms with Gasteiger partial charge in [-0.25, -0.2) is 4.79 Å². The molecule has 1 aromatic carbocycles. The van der Waals surface area contributed by atoms with Crippen molar-refractivity contribution >= 4 is 17.6 Å². The Morgan fingerprint density at radius 3 is 2.60 bits per heavy atom. The predicted molar refractivity (Wildman–Crippen MR) is 87.3 cm³/mol. The average Bonchev–Trinajstić information content (AvgIpc) is 2.60. The number of ether oxygens (including phenoxy) is 2. The average molecular weight is 348 g/mol. The van der Waals surface area contributed by atoms with Gasteiger partial charge in [0.15, 0.2) is 6.61 Å². The number of pyridine rings is 1. The highest BCUT2D eigenvalue weighted by Gasteiger charge is 2.13. The second kappa shape index (κ2) is 7.86. The summed E-state index contributed by atoms with van der Waals surface area (Å²) in [5.74, 6) is -1.02. The zero-order valence-corrected chi connectivity index (χ0v) is 13.5. The SMILES string of the molecule is COc1ccc(OC)c(NC(=O)COn2cccc(C(=O)O)c2=O)c1. The summed E-state index contributed by atoms with van der Waals surface area (Å²) in [4.78, 5) is 39.8. The Morgan fingerprint density at radius 2 is 1.96 bits per heavy atom. The predicted octanol–water partition coefficient (Wildman–Crippen LogP) is 0.631. The highest BCUT2D eigenvalue weighted by molar-refractivity contribution is 5.93. The fourth-order valence-electron chi connectivity index (χ4n) is 1.97. The van der Waals surface area contributed by atoms with Crippen molar-refractivity contribution < 1.29 is 29.0 Å². The summed E-state index contributed by atoms with van der Waals surface area (Å²) < 4.78 is 10.9. The molecule has 0 spiro atoms. The van der Waals surface area contributed by atoms with Gasteiger partial charge in [-0.05, 0) is 24.3 Å². The van der Waals surface area contributed by atoms with Crippen molar-refractivity contribution in [3.8, 4) is 11.5 Å². The van der Waals surface area contributed by atoms with Crippen LogP contribution in [0.15, 0.2) is 41.3 Å². The number of hydrogen-bond donors (Lipinski definition) is 2. The molecule has 9 nitrogen and oxygen atoms in total. The van der Waals surface area contributed by atoms with E-state index in [1.807, 2.05) is 0 Å². The molecule has 0 aliphatic heterocycles. The number of methoxy groups -OCH3 is 2. The summed E-state index contributed by atoms with van der Waals surface area (Å²) >= 11 is 0. The second-order valence-corrected chi connectivity index (χ2v) is 4.75. The molecule has 2 N–H and O–H groups in total. The van der Waals surface area contributed by atoms with Crippen molar-refractivity contribution in [2.75, 3.05) is 26.1 Å². The van der Waals surface area contributed by atoms with Crippen LogP contribution in [0.25, 0.3) is 0 Å². The van der Waals surface area contributed by atoms with Gasteiger partial charge in [0.1, 0.15) is 17.1 Å². The van der Waals surface area contributed by atoms with Gasteiger partial charge in [-0.1, -0.05) is 0 Å². The minimum atomic E-state index is -1.38. The van der Waals surface area contributed by atoms with Crippen LogP contribution in [0, 0.1) is 0 Å². The Kier molecular flexibility index (Phi) is 5.62. The van der Waals surface area contributed by atoms with E-state index in [1.165, 1.54) is 26.5 Å². The number of benzene rings is 1. The number of carboxylic acid groups (broad SMARTS) is 1. The molecule has 0 atom stereocenters. The lowest BCUT2D eigenvalue weighted by molar-refractivity contribution is -0.120. The van der Waals surface area contributed by atoms with E-state index < -0.39 is 29.6 Å². The maximum absolute atomic E-state index is 12.0. The van der Waals surface area contributed by atoms with Crippen LogP contribution in [0.4, 0.5) is 5.69 Å². The van der Waals surface area contributed by atoms with Crippen LogP contribution in [0.2, 0.25) is 0 Å². The summed E-state index contributed by atoms with van der Waals surface area (Å²) in [7, 11) is 2.93. The van der Waals surface area contributed by atoms with E-state index in [0.29, 0.717) is 21.9 Å². The van der Waals surface area contributed by atoms with Gasteiger partial charge in [-0.2, -0.15) is 4.73 Å². The molecule has 0 fully saturated rings. The van der Waals surface area contributed by atoms with Gasteiger partial charge < -0.3 is 24.7 Å². The monoisotopic (exact) mass is 348 g/mol. The van der Waals surface area contributed by atoms with Crippen LogP contribution in [-0.4, -0.2) is 42.5 Å². The lowest BCUT2D eigenvalue weighted by Gasteiger charge is -2.12. The van der Waals surface area contributed by atoms with Gasteiger partial charge in [0, 0.05) is 12.3 Å². The van der Waals surface area contributed by atoms with Gasteiger partial charge in [0.05, 0.1) is 19.9 Å². The second-order valence-electron chi connectivity index (χ2n) is 4.75. The molecule has 0 saturated heterocycles. The number of anilines is 1. The summed E-state index contributed by atoms with van der Waals surface area (Å²) in [5.41, 5.74) is -0.971. The van der Waals surface area contributed by atoms with Crippen molar-refractivity contribution in [2.45, 2.75) is 0 Å². The first-order valence-corrected chi connectivity index (χ1v) is 7.06. The lowest BCUT2D eigenvalue weighted by Crippen LogP contribution is -2.34. The van der Waals surface area contributed by atoms with Gasteiger partial charge in [-0.15, -0.1) is 0 Å². The standard InChI is InChI=1S/C16H16N2O7/c1-23-10-5-6-13(24-2)12(8-10)17-14(19)9-25-18-7-3-4-11(15(18)20)16(21)22/h3-8H,9H2,1-2H3,(H,17,19)(H,21,22). The molecule has 0 saturated carbocycles. The highest BCUT2D eigenvalue weighted by atomic mass is 16.7. The number of nitrogens with zero attached hydrogens (tertiary/aromatic N) is 1. The maximum atomic E-state index is 12.0. The van der Waals surface area contributed by atoms with Crippen LogP contribution < -0.4 is 25.2 Å². The molecule has 1 amide bonds. The fourth-order valence-corrected chi connectivity index (χ4v) is 1.97. The van der Waals surface area contributed by atoms with Crippen LogP contribution in [0.3, 0.4) is 0 Å². The quantitative estimate of drug-likeness (QED) is 0.754. The van der Waals surface area contributed by atoms with Crippen molar-refractivity contribution in [3.05, 3.63) is 52.4 Å². The molecule has 0 bridgehead atoms. The van der Waals surface area contributed by atoms with E-state index >= 15 is 0 Å². The Balaban J connectivity index is 2.08. The van der Waals surface area contributed by atoms with Gasteiger partial charge in [0.25, 0.3) is 11.5 Å². The number of amides is 1. The van der Waals surface area contributed by atoms with Crippen LogP contribution in [0.5, 0.6) is 11.5 Å². The third-order valence-corrected chi connectivity index (χ3v) is 3.16. The molecule has 2 aromatic rings. The normalized spacial score (nSPS) is 10.0. The maximum Gasteiger partial charge on any atom is 0.341 e. The number of carbonyl (C=O) groups is 2. The summed E-state index contributed by atoms with van der Waals surface area (Å²) in [6.45, 7) is -0.511. The number of aromatic carboxylic acids is 1. The van der Waals surface area contributed by atoms with Crippen LogP contribution in [-0.2, 0) is 4.79 Å². The van der Waals surface area contributed by atoms with E-state index in [1.54, 1.807) is 18.2 Å². The molecular weight excluding hydrogens is 332 g/mol. The summed E-state index contributed by atoms with van der Waals surface area (Å²) in [6, 6.07) is 7.32. The molecular formula is C16H16N2O7. The Morgan fingerprint density at radius 1 is 1.20 bits per heavy atom. The first kappa shape index (κ1) is 17.9. The van der Waals surface area contributed by atoms with Crippen molar-refractivity contribution in [1.29, 1.82) is 0 Å². The smallest absolute Gasteiger partial charge is 0.341 e. The van der Waals surface area contributed by atoms with E-state index in [-0.39, 0.29) is 0 Å². The minimum Gasteiger partial charge on any atom is -0.497 e. The van der Waals surface area contributed by atoms with Gasteiger partial charge in [-0.3, -0.25) is 9.59 Å². The summed E-state index contributed by atoms with van der Waals surface area (Å²) in [5, 5.41) is 11.5. The molecule has 9 heteroatoms. The molecule has 0 aliphatic rings. The van der Waals surface area contributed by atoms with E-state index in [4.69, 9.17) is 19.4 Å². The van der Waals surface area contributed by atoms with E-state index in [9.17, 15) is 14.4 Å². The van der Waals surface area contributed by atoms with E-state index in [2.05, 4.69) is 5.32 Å². The number of rotatable bonds is 7. The third-order valence-electron chi connectivity index (χ3n) is 3.16. The number of carbonyl (C=O) groups excluding carboxylic acids is 1. The Hall–Kier alpha value is -3.49. The van der Waals surface area contributed by atoms with Crippen LogP contribution in [0.1, 0.15) is 10.4 Å². The zero-order valence-electron chi connectivity index (χ0n) is 13.5. The number of aromatic nitrogens is 1. The van der Waals surface area contributed by atoms with Crippen molar-refractivity contribution in [3.63, 3.8) is 0 Å². The molecule has 1 aromatic heterocycles. The number of nitrogens with one attached hydrogen (secondary N) is 1. The topological polar surface area (TPSA) is 116 Å². The first-order valence-electron chi connectivity index (χ1n) is 7.06. The molecule has 2 rings (SSSR count). The number of carboxylic acids is 1. The molecule has 0 aliphatic carbocycles. The zero-order chi connectivity index (χ0) is 18.4. The molecule has 0 unspecified atom stereocenters. The van der Waals surface area contributed by atoms with Gasteiger partial charge in [0.2, 0.25) is 0 Å². The Bertz CT molecular complexity index is 845. The van der Waals surface area contributed by atoms with Crippen molar-refractivity contribution in [2.24, 2.45) is 0 Å². The fraction of sp³-hybridized carbons (Fsp3) is 0.188. The van der Waals surface area contributed by atoms with Crippen molar-refractivity contribution in [1.82, 2.24) is 4.73 Å². The lowest BCUT2D eigenvalue weighted by atomic mass is 10.2. The molecule has 0 radical (unpaired) electrons. The molecule has 1 heterocycles. The molecule has 25 heavy (non-hydrogen) atoms. The van der Waals surface area contributed by atoms with Gasteiger partial charge >= 0.3 is 5.97 Å². The van der Waals surface area contributed by atoms with Crippen LogP contribution >= 0.6 is 0 Å². The minimum absolute atomic E-state index is 0.363. The summed E-state index contributed by atoms with van der Waals surface area (Å²) in [6.07, 6.45) is 1.22. The van der Waals surface area contributed by atoms with E-state index in [0.717, 1.165) is 6.07 Å². The highest BCUT2D eigenvalue weighted by Crippen LogP contribution is 2.28.